The van der Waals surface area contributed by atoms with Crippen molar-refractivity contribution in [2.75, 3.05) is 0 Å². The van der Waals surface area contributed by atoms with E-state index in [0.717, 1.165) is 0 Å². The van der Waals surface area contributed by atoms with Gasteiger partial charge < -0.3 is 0 Å². The van der Waals surface area contributed by atoms with E-state index < -0.39 is 8.07 Å². The average Bonchev–Trinajstić information content (AvgIpc) is 3.39. The SMILES string of the molecule is CC1=C(C)C([Si](c2cccc(-c3ccc(C(C)(C)C)cc3)c2)(c2cccc(-c3ccc(C(C)(C)C)cc3)c2)c2cccc(-c3ccc(C(C)(C)C)cc3)c2)C(C)=C1C. The Labute approximate surface area is 351 Å². The molecule has 0 unspecified atom stereocenters. The predicted octanol–water partition coefficient (Wildman–Crippen LogP) is 14.1. The Balaban J connectivity index is 1.53. The van der Waals surface area contributed by atoms with Gasteiger partial charge in [0.15, 0.2) is 8.07 Å². The van der Waals surface area contributed by atoms with Crippen LogP contribution in [-0.2, 0) is 16.2 Å². The van der Waals surface area contributed by atoms with Gasteiger partial charge in [-0.1, -0.05) is 219 Å². The van der Waals surface area contributed by atoms with Crippen LogP contribution in [0.1, 0.15) is 107 Å². The molecule has 0 amide bonds. The Kier molecular flexibility index (Phi) is 10.9. The standard InChI is InChI=1S/C57H64Si/c1-38-39(2)41(4)54(40(38)3)58(51-20-14-17-45(35-51)42-23-29-48(30-24-42)55(5,6)7,52-21-15-18-46(36-52)43-25-31-49(32-26-43)56(8,9)10)53-22-16-19-47(37-53)44-27-33-50(34-28-44)57(11,12)13/h14-37,54H,1-13H3. The highest BCUT2D eigenvalue weighted by Crippen LogP contribution is 2.47. The third-order valence-corrected chi connectivity index (χ3v) is 18.6. The van der Waals surface area contributed by atoms with Crippen molar-refractivity contribution in [3.63, 3.8) is 0 Å². The van der Waals surface area contributed by atoms with E-state index in [1.807, 2.05) is 0 Å². The molecule has 58 heavy (non-hydrogen) atoms. The second-order valence-corrected chi connectivity index (χ2v) is 24.0. The highest BCUT2D eigenvalue weighted by molar-refractivity contribution is 7.13. The number of hydrogen-bond donors (Lipinski definition) is 0. The molecule has 0 nitrogen and oxygen atoms in total. The van der Waals surface area contributed by atoms with Crippen LogP contribution in [0.25, 0.3) is 33.4 Å². The Morgan fingerprint density at radius 1 is 0.328 bits per heavy atom. The quantitative estimate of drug-likeness (QED) is 0.112. The first-order valence-electron chi connectivity index (χ1n) is 21.3. The van der Waals surface area contributed by atoms with Crippen LogP contribution in [0.4, 0.5) is 0 Å². The number of benzene rings is 6. The number of rotatable bonds is 7. The lowest BCUT2D eigenvalue weighted by atomic mass is 9.86. The van der Waals surface area contributed by atoms with Crippen molar-refractivity contribution in [3.8, 4) is 33.4 Å². The normalized spacial score (nSPS) is 14.4. The molecule has 6 aromatic carbocycles. The van der Waals surface area contributed by atoms with Crippen LogP contribution in [0.3, 0.4) is 0 Å². The minimum Gasteiger partial charge on any atom is -0.0647 e. The molecular weight excluding hydrogens is 713 g/mol. The summed E-state index contributed by atoms with van der Waals surface area (Å²) in [6.07, 6.45) is 0. The molecule has 296 valence electrons. The van der Waals surface area contributed by atoms with Gasteiger partial charge in [-0.3, -0.25) is 0 Å². The third-order valence-electron chi connectivity index (χ3n) is 13.3. The first-order valence-corrected chi connectivity index (χ1v) is 23.4. The van der Waals surface area contributed by atoms with E-state index >= 15 is 0 Å². The van der Waals surface area contributed by atoms with E-state index in [4.69, 9.17) is 0 Å². The van der Waals surface area contributed by atoms with Crippen LogP contribution in [0.2, 0.25) is 5.54 Å². The smallest absolute Gasteiger partial charge is 0.0647 e. The van der Waals surface area contributed by atoms with Crippen LogP contribution in [0.15, 0.2) is 168 Å². The van der Waals surface area contributed by atoms with Gasteiger partial charge in [0, 0.05) is 5.54 Å². The van der Waals surface area contributed by atoms with Gasteiger partial charge in [-0.05, 0) is 121 Å². The zero-order valence-electron chi connectivity index (χ0n) is 37.4. The summed E-state index contributed by atoms with van der Waals surface area (Å²) in [5.41, 5.74) is 18.1. The Morgan fingerprint density at radius 3 is 0.828 bits per heavy atom. The Bertz CT molecular complexity index is 2230. The van der Waals surface area contributed by atoms with Gasteiger partial charge in [0.1, 0.15) is 0 Å². The maximum Gasteiger partial charge on any atom is 0.159 e. The van der Waals surface area contributed by atoms with Crippen molar-refractivity contribution in [3.05, 3.63) is 185 Å². The molecule has 6 aromatic rings. The van der Waals surface area contributed by atoms with E-state index in [1.54, 1.807) is 0 Å². The van der Waals surface area contributed by atoms with E-state index in [-0.39, 0.29) is 21.8 Å². The molecule has 0 saturated carbocycles. The zero-order valence-corrected chi connectivity index (χ0v) is 38.4. The van der Waals surface area contributed by atoms with Crippen LogP contribution < -0.4 is 15.6 Å². The Morgan fingerprint density at radius 2 is 0.586 bits per heavy atom. The monoisotopic (exact) mass is 776 g/mol. The molecule has 1 heteroatoms. The molecule has 0 aromatic heterocycles. The minimum atomic E-state index is -2.93. The molecule has 1 aliphatic carbocycles. The maximum atomic E-state index is 2.55. The first-order chi connectivity index (χ1) is 27.3. The van der Waals surface area contributed by atoms with Gasteiger partial charge in [0.2, 0.25) is 0 Å². The average molecular weight is 777 g/mol. The maximum absolute atomic E-state index is 2.93. The molecular formula is C57H64Si. The van der Waals surface area contributed by atoms with E-state index in [2.05, 4.69) is 236 Å². The first kappa shape index (κ1) is 41.2. The molecule has 0 fully saturated rings. The van der Waals surface area contributed by atoms with Crippen molar-refractivity contribution in [2.24, 2.45) is 0 Å². The number of hydrogen-bond acceptors (Lipinski definition) is 0. The summed E-state index contributed by atoms with van der Waals surface area (Å²) in [7, 11) is -2.93. The second kappa shape index (κ2) is 15.3. The summed E-state index contributed by atoms with van der Waals surface area (Å²) in [4.78, 5) is 0. The van der Waals surface area contributed by atoms with Crippen LogP contribution in [-0.4, -0.2) is 8.07 Å². The van der Waals surface area contributed by atoms with Crippen molar-refractivity contribution in [2.45, 2.75) is 112 Å². The van der Waals surface area contributed by atoms with E-state index in [0.29, 0.717) is 0 Å². The fourth-order valence-corrected chi connectivity index (χ4v) is 15.3. The van der Waals surface area contributed by atoms with Gasteiger partial charge in [-0.2, -0.15) is 0 Å². The van der Waals surface area contributed by atoms with Crippen molar-refractivity contribution in [1.29, 1.82) is 0 Å². The molecule has 0 atom stereocenters. The minimum absolute atomic E-state index is 0.102. The summed E-state index contributed by atoms with van der Waals surface area (Å²) in [6.45, 7) is 30.2. The Hall–Kier alpha value is -4.98. The summed E-state index contributed by atoms with van der Waals surface area (Å²) in [5, 5.41) is 4.32. The van der Waals surface area contributed by atoms with Gasteiger partial charge >= 0.3 is 0 Å². The van der Waals surface area contributed by atoms with Gasteiger partial charge in [0.25, 0.3) is 0 Å². The van der Waals surface area contributed by atoms with Gasteiger partial charge in [0.05, 0.1) is 0 Å². The predicted molar refractivity (Wildman–Crippen MR) is 257 cm³/mol. The summed E-state index contributed by atoms with van der Waals surface area (Å²) < 4.78 is 0. The lowest BCUT2D eigenvalue weighted by molar-refractivity contribution is 0.590. The molecule has 0 saturated heterocycles. The lowest BCUT2D eigenvalue weighted by Crippen LogP contribution is -2.70. The van der Waals surface area contributed by atoms with Crippen LogP contribution >= 0.6 is 0 Å². The topological polar surface area (TPSA) is 0 Å². The molecule has 0 radical (unpaired) electrons. The highest BCUT2D eigenvalue weighted by Gasteiger charge is 2.50. The summed E-state index contributed by atoms with van der Waals surface area (Å²) in [5.74, 6) is 0. The van der Waals surface area contributed by atoms with Crippen LogP contribution in [0.5, 0.6) is 0 Å². The largest absolute Gasteiger partial charge is 0.159 e. The summed E-state index contributed by atoms with van der Waals surface area (Å²) >= 11 is 0. The molecule has 7 rings (SSSR count). The van der Waals surface area contributed by atoms with Gasteiger partial charge in [-0.15, -0.1) is 0 Å². The fraction of sp³-hybridized carbons (Fsp3) is 0.298. The van der Waals surface area contributed by atoms with Gasteiger partial charge in [-0.25, -0.2) is 0 Å². The highest BCUT2D eigenvalue weighted by atomic mass is 28.3. The lowest BCUT2D eigenvalue weighted by Gasteiger charge is -2.41. The van der Waals surface area contributed by atoms with E-state index in [1.165, 1.54) is 87.9 Å². The molecule has 0 heterocycles. The molecule has 0 spiro atoms. The fourth-order valence-electron chi connectivity index (χ4n) is 9.32. The number of allylic oxidation sites excluding steroid dienone is 4. The zero-order chi connectivity index (χ0) is 41.8. The molecule has 0 aliphatic heterocycles. The van der Waals surface area contributed by atoms with Crippen molar-refractivity contribution < 1.29 is 0 Å². The van der Waals surface area contributed by atoms with Crippen molar-refractivity contribution >= 4 is 23.6 Å². The van der Waals surface area contributed by atoms with E-state index in [9.17, 15) is 0 Å². The van der Waals surface area contributed by atoms with Crippen molar-refractivity contribution in [1.82, 2.24) is 0 Å². The van der Waals surface area contributed by atoms with Crippen LogP contribution in [0, 0.1) is 0 Å². The second-order valence-electron chi connectivity index (χ2n) is 20.1. The molecule has 0 bridgehead atoms. The molecule has 0 N–H and O–H groups in total. The molecule has 1 aliphatic rings. The third kappa shape index (κ3) is 7.67. The summed E-state index contributed by atoms with van der Waals surface area (Å²) in [6, 6.07) is 56.8.